The molecule has 1 heteroatoms. The molecule has 13 heavy (non-hydrogen) atoms. The molecule has 0 bridgehead atoms. The van der Waals surface area contributed by atoms with Gasteiger partial charge in [0.05, 0.1) is 0 Å². The normalized spacial score (nSPS) is 12.8. The SMILES string of the molecule is CCCCCCC(=O)C[C@@H](C)CC. The molecule has 1 nitrogen and oxygen atoms in total. The van der Waals surface area contributed by atoms with Crippen LogP contribution >= 0.6 is 0 Å². The lowest BCUT2D eigenvalue weighted by atomic mass is 9.99. The number of carbonyl (C=O) groups excluding carboxylic acids is 1. The second-order valence-electron chi connectivity index (χ2n) is 4.07. The zero-order chi connectivity index (χ0) is 10.1. The molecular formula is C12H24O. The summed E-state index contributed by atoms with van der Waals surface area (Å²) < 4.78 is 0. The average molecular weight is 184 g/mol. The summed E-state index contributed by atoms with van der Waals surface area (Å²) in [6.45, 7) is 6.50. The number of hydrogen-bond acceptors (Lipinski definition) is 1. The molecule has 0 saturated heterocycles. The molecule has 0 saturated carbocycles. The Kier molecular flexibility index (Phi) is 8.07. The van der Waals surface area contributed by atoms with Crippen molar-refractivity contribution in [1.82, 2.24) is 0 Å². The molecule has 1 atom stereocenters. The Morgan fingerprint density at radius 3 is 2.38 bits per heavy atom. The number of unbranched alkanes of at least 4 members (excludes halogenated alkanes) is 3. The van der Waals surface area contributed by atoms with E-state index >= 15 is 0 Å². The van der Waals surface area contributed by atoms with E-state index in [1.807, 2.05) is 0 Å². The highest BCUT2D eigenvalue weighted by molar-refractivity contribution is 5.78. The van der Waals surface area contributed by atoms with Gasteiger partial charge in [-0.3, -0.25) is 4.79 Å². The monoisotopic (exact) mass is 184 g/mol. The van der Waals surface area contributed by atoms with Crippen molar-refractivity contribution in [2.75, 3.05) is 0 Å². The largest absolute Gasteiger partial charge is 0.300 e. The molecular weight excluding hydrogens is 160 g/mol. The van der Waals surface area contributed by atoms with Gasteiger partial charge in [-0.15, -0.1) is 0 Å². The number of carbonyl (C=O) groups is 1. The van der Waals surface area contributed by atoms with Crippen LogP contribution in [0.2, 0.25) is 0 Å². The van der Waals surface area contributed by atoms with Gasteiger partial charge >= 0.3 is 0 Å². The second-order valence-corrected chi connectivity index (χ2v) is 4.07. The van der Waals surface area contributed by atoms with Gasteiger partial charge in [0, 0.05) is 12.8 Å². The van der Waals surface area contributed by atoms with Crippen molar-refractivity contribution in [3.8, 4) is 0 Å². The first-order chi connectivity index (χ1) is 6.20. The molecule has 0 aliphatic carbocycles. The van der Waals surface area contributed by atoms with Crippen molar-refractivity contribution >= 4 is 5.78 Å². The summed E-state index contributed by atoms with van der Waals surface area (Å²) in [4.78, 5) is 11.4. The predicted octanol–water partition coefficient (Wildman–Crippen LogP) is 3.96. The number of rotatable bonds is 8. The van der Waals surface area contributed by atoms with Crippen LogP contribution in [0.15, 0.2) is 0 Å². The first-order valence-electron chi connectivity index (χ1n) is 5.72. The van der Waals surface area contributed by atoms with Crippen LogP contribution < -0.4 is 0 Å². The topological polar surface area (TPSA) is 17.1 Å². The Balaban J connectivity index is 3.30. The average Bonchev–Trinajstić information content (AvgIpc) is 2.12. The Morgan fingerprint density at radius 2 is 1.85 bits per heavy atom. The Morgan fingerprint density at radius 1 is 1.15 bits per heavy atom. The molecule has 0 amide bonds. The van der Waals surface area contributed by atoms with Gasteiger partial charge in [-0.05, 0) is 12.3 Å². The summed E-state index contributed by atoms with van der Waals surface area (Å²) in [6.07, 6.45) is 7.58. The summed E-state index contributed by atoms with van der Waals surface area (Å²) in [6, 6.07) is 0. The Labute approximate surface area is 82.9 Å². The third-order valence-electron chi connectivity index (χ3n) is 2.58. The van der Waals surface area contributed by atoms with E-state index in [-0.39, 0.29) is 0 Å². The Bertz CT molecular complexity index is 129. The maximum atomic E-state index is 11.4. The minimum atomic E-state index is 0.463. The van der Waals surface area contributed by atoms with E-state index in [4.69, 9.17) is 0 Å². The smallest absolute Gasteiger partial charge is 0.133 e. The zero-order valence-electron chi connectivity index (χ0n) is 9.44. The standard InChI is InChI=1S/C12H24O/c1-4-6-7-8-9-12(13)10-11(3)5-2/h11H,4-10H2,1-3H3/t11-/m0/s1. The lowest BCUT2D eigenvalue weighted by molar-refractivity contribution is -0.120. The van der Waals surface area contributed by atoms with Gasteiger partial charge in [-0.1, -0.05) is 46.5 Å². The van der Waals surface area contributed by atoms with Gasteiger partial charge in [0.2, 0.25) is 0 Å². The molecule has 0 aromatic heterocycles. The molecule has 0 heterocycles. The molecule has 0 unspecified atom stereocenters. The number of Topliss-reactive ketones (excluding diaryl/α,β-unsaturated/α-hetero) is 1. The number of hydrogen-bond donors (Lipinski definition) is 0. The zero-order valence-corrected chi connectivity index (χ0v) is 9.44. The van der Waals surface area contributed by atoms with E-state index in [9.17, 15) is 4.79 Å². The second kappa shape index (κ2) is 8.28. The minimum absolute atomic E-state index is 0.463. The van der Waals surface area contributed by atoms with Crippen LogP contribution in [0.1, 0.15) is 65.7 Å². The fourth-order valence-corrected chi connectivity index (χ4v) is 1.38. The van der Waals surface area contributed by atoms with Crippen LogP contribution in [0, 0.1) is 5.92 Å². The lowest BCUT2D eigenvalue weighted by Gasteiger charge is -2.06. The van der Waals surface area contributed by atoms with E-state index in [2.05, 4.69) is 20.8 Å². The molecule has 78 valence electrons. The van der Waals surface area contributed by atoms with Crippen molar-refractivity contribution in [3.63, 3.8) is 0 Å². The highest BCUT2D eigenvalue weighted by Gasteiger charge is 2.06. The van der Waals surface area contributed by atoms with Gasteiger partial charge < -0.3 is 0 Å². The molecule has 0 rings (SSSR count). The van der Waals surface area contributed by atoms with Crippen molar-refractivity contribution in [3.05, 3.63) is 0 Å². The molecule has 0 radical (unpaired) electrons. The quantitative estimate of drug-likeness (QED) is 0.522. The molecule has 0 fully saturated rings. The summed E-state index contributed by atoms with van der Waals surface area (Å²) >= 11 is 0. The first kappa shape index (κ1) is 12.7. The van der Waals surface area contributed by atoms with Crippen molar-refractivity contribution in [2.45, 2.75) is 65.7 Å². The molecule has 0 aliphatic rings. The van der Waals surface area contributed by atoms with E-state index in [1.165, 1.54) is 19.3 Å². The van der Waals surface area contributed by atoms with Crippen LogP contribution in [-0.4, -0.2) is 5.78 Å². The fraction of sp³-hybridized carbons (Fsp3) is 0.917. The fourth-order valence-electron chi connectivity index (χ4n) is 1.38. The third kappa shape index (κ3) is 8.01. The van der Waals surface area contributed by atoms with Gasteiger partial charge in [-0.25, -0.2) is 0 Å². The minimum Gasteiger partial charge on any atom is -0.300 e. The molecule has 0 spiro atoms. The van der Waals surface area contributed by atoms with E-state index < -0.39 is 0 Å². The van der Waals surface area contributed by atoms with E-state index in [1.54, 1.807) is 0 Å². The van der Waals surface area contributed by atoms with E-state index in [0.29, 0.717) is 11.7 Å². The van der Waals surface area contributed by atoms with Crippen molar-refractivity contribution in [1.29, 1.82) is 0 Å². The van der Waals surface area contributed by atoms with Crippen molar-refractivity contribution < 1.29 is 4.79 Å². The number of ketones is 1. The van der Waals surface area contributed by atoms with Gasteiger partial charge in [-0.2, -0.15) is 0 Å². The van der Waals surface area contributed by atoms with Gasteiger partial charge in [0.1, 0.15) is 5.78 Å². The summed E-state index contributed by atoms with van der Waals surface area (Å²) in [5, 5.41) is 0. The molecule has 0 aromatic rings. The van der Waals surface area contributed by atoms with Crippen LogP contribution in [0.4, 0.5) is 0 Å². The molecule has 0 N–H and O–H groups in total. The van der Waals surface area contributed by atoms with Crippen LogP contribution in [0.25, 0.3) is 0 Å². The lowest BCUT2D eigenvalue weighted by Crippen LogP contribution is -2.04. The molecule has 0 aromatic carbocycles. The summed E-state index contributed by atoms with van der Waals surface area (Å²) in [5.74, 6) is 1.05. The highest BCUT2D eigenvalue weighted by atomic mass is 16.1. The Hall–Kier alpha value is -0.330. The van der Waals surface area contributed by atoms with Crippen LogP contribution in [-0.2, 0) is 4.79 Å². The van der Waals surface area contributed by atoms with Crippen LogP contribution in [0.3, 0.4) is 0 Å². The summed E-state index contributed by atoms with van der Waals surface area (Å²) in [5.41, 5.74) is 0. The maximum Gasteiger partial charge on any atom is 0.133 e. The van der Waals surface area contributed by atoms with E-state index in [0.717, 1.165) is 25.7 Å². The third-order valence-corrected chi connectivity index (χ3v) is 2.58. The summed E-state index contributed by atoms with van der Waals surface area (Å²) in [7, 11) is 0. The van der Waals surface area contributed by atoms with Gasteiger partial charge in [0.15, 0.2) is 0 Å². The maximum absolute atomic E-state index is 11.4. The predicted molar refractivity (Wildman–Crippen MR) is 57.8 cm³/mol. The van der Waals surface area contributed by atoms with Crippen LogP contribution in [0.5, 0.6) is 0 Å². The van der Waals surface area contributed by atoms with Crippen molar-refractivity contribution in [2.24, 2.45) is 5.92 Å². The first-order valence-corrected chi connectivity index (χ1v) is 5.72. The van der Waals surface area contributed by atoms with Gasteiger partial charge in [0.25, 0.3) is 0 Å². The highest BCUT2D eigenvalue weighted by Crippen LogP contribution is 2.11. The molecule has 0 aliphatic heterocycles.